The molecule has 0 radical (unpaired) electrons. The minimum Gasteiger partial charge on any atom is -0.462 e. The van der Waals surface area contributed by atoms with Crippen molar-refractivity contribution in [2.45, 2.75) is 97.4 Å². The second kappa shape index (κ2) is 16.6. The molecule has 1 fully saturated rings. The smallest absolute Gasteiger partial charge is 0.308 e. The van der Waals surface area contributed by atoms with Crippen molar-refractivity contribution in [2.75, 3.05) is 6.54 Å². The number of aliphatic hydroxyl groups is 2. The maximum Gasteiger partial charge on any atom is 0.308 e. The van der Waals surface area contributed by atoms with E-state index in [4.69, 9.17) is 4.74 Å². The first-order valence-electron chi connectivity index (χ1n) is 15.6. The van der Waals surface area contributed by atoms with Crippen molar-refractivity contribution in [1.82, 2.24) is 10.3 Å². The largest absolute Gasteiger partial charge is 0.462 e. The Balaban J connectivity index is 1.73. The second-order valence-corrected chi connectivity index (χ2v) is 12.8. The lowest BCUT2D eigenvalue weighted by atomic mass is 9.69. The van der Waals surface area contributed by atoms with Gasteiger partial charge >= 0.3 is 5.97 Å². The molecule has 1 amide bonds. The molecule has 230 valence electrons. The highest BCUT2D eigenvalue weighted by Crippen LogP contribution is 2.40. The summed E-state index contributed by atoms with van der Waals surface area (Å²) in [6.45, 7) is 8.74. The molecule has 0 aromatic carbocycles. The predicted octanol–water partition coefficient (Wildman–Crippen LogP) is 4.91. The summed E-state index contributed by atoms with van der Waals surface area (Å²) in [5.41, 5.74) is 1.35. The SMILES string of the molecule is C[C@@H]1C[C@H](C)C[C@H](C)[C@@H](O)CC(=O)O[C@H]([C@@H]2CC[C@H]2C(=O)NCCc2cccnc2)C/C=C/C=C(/C#N)[C@H](O)[C@@H](C)C1. The number of ether oxygens (including phenoxy) is 1. The van der Waals surface area contributed by atoms with E-state index >= 15 is 0 Å². The van der Waals surface area contributed by atoms with E-state index in [9.17, 15) is 25.1 Å². The van der Waals surface area contributed by atoms with E-state index in [0.29, 0.717) is 36.8 Å². The lowest BCUT2D eigenvalue weighted by Crippen LogP contribution is -2.47. The first kappa shape index (κ1) is 33.5. The number of carbonyl (C=O) groups excluding carboxylic acids is 2. The van der Waals surface area contributed by atoms with Gasteiger partial charge < -0.3 is 20.3 Å². The van der Waals surface area contributed by atoms with E-state index in [2.05, 4.69) is 30.2 Å². The molecule has 2 heterocycles. The van der Waals surface area contributed by atoms with Gasteiger partial charge in [-0.25, -0.2) is 0 Å². The van der Waals surface area contributed by atoms with Gasteiger partial charge in [-0.15, -0.1) is 0 Å². The summed E-state index contributed by atoms with van der Waals surface area (Å²) in [6.07, 6.45) is 11.4. The number of pyridine rings is 1. The third-order valence-electron chi connectivity index (χ3n) is 9.01. The first-order valence-corrected chi connectivity index (χ1v) is 15.6. The van der Waals surface area contributed by atoms with Gasteiger partial charge in [-0.05, 0) is 79.9 Å². The third-order valence-corrected chi connectivity index (χ3v) is 9.01. The lowest BCUT2D eigenvalue weighted by Gasteiger charge is -2.40. The highest BCUT2D eigenvalue weighted by atomic mass is 16.5. The van der Waals surface area contributed by atoms with Crippen LogP contribution in [0.2, 0.25) is 0 Å². The summed E-state index contributed by atoms with van der Waals surface area (Å²) in [6, 6.07) is 5.99. The van der Waals surface area contributed by atoms with Crippen LogP contribution >= 0.6 is 0 Å². The number of hydrogen-bond acceptors (Lipinski definition) is 7. The monoisotopic (exact) mass is 579 g/mol. The van der Waals surface area contributed by atoms with E-state index < -0.39 is 24.3 Å². The summed E-state index contributed by atoms with van der Waals surface area (Å²) in [4.78, 5) is 30.2. The van der Waals surface area contributed by atoms with Gasteiger partial charge in [0.05, 0.1) is 30.3 Å². The van der Waals surface area contributed by atoms with Crippen molar-refractivity contribution in [3.63, 3.8) is 0 Å². The molecule has 3 N–H and O–H groups in total. The summed E-state index contributed by atoms with van der Waals surface area (Å²) in [7, 11) is 0. The van der Waals surface area contributed by atoms with Crippen LogP contribution in [0.5, 0.6) is 0 Å². The van der Waals surface area contributed by atoms with Crippen LogP contribution in [0.25, 0.3) is 0 Å². The zero-order valence-electron chi connectivity index (χ0n) is 25.6. The van der Waals surface area contributed by atoms with Crippen LogP contribution in [0, 0.1) is 46.8 Å². The fraction of sp³-hybridized carbons (Fsp3) is 0.647. The maximum absolute atomic E-state index is 13.0. The number of nitrogens with zero attached hydrogens (tertiary/aromatic N) is 2. The number of aromatic nitrogens is 1. The van der Waals surface area contributed by atoms with Crippen LogP contribution in [-0.4, -0.2) is 51.9 Å². The molecular weight excluding hydrogens is 530 g/mol. The lowest BCUT2D eigenvalue weighted by molar-refractivity contribution is -0.161. The Morgan fingerprint density at radius 3 is 2.50 bits per heavy atom. The van der Waals surface area contributed by atoms with Gasteiger partial charge in [0.15, 0.2) is 0 Å². The van der Waals surface area contributed by atoms with Crippen LogP contribution < -0.4 is 5.32 Å². The van der Waals surface area contributed by atoms with Crippen molar-refractivity contribution in [1.29, 1.82) is 5.26 Å². The molecule has 8 heteroatoms. The van der Waals surface area contributed by atoms with Gasteiger partial charge in [-0.2, -0.15) is 5.26 Å². The van der Waals surface area contributed by atoms with Gasteiger partial charge in [0, 0.05) is 37.2 Å². The maximum atomic E-state index is 13.0. The van der Waals surface area contributed by atoms with Crippen molar-refractivity contribution >= 4 is 11.9 Å². The van der Waals surface area contributed by atoms with Crippen molar-refractivity contribution in [2.24, 2.45) is 35.5 Å². The molecule has 9 atom stereocenters. The quantitative estimate of drug-likeness (QED) is 0.422. The Bertz CT molecular complexity index is 1110. The second-order valence-electron chi connectivity index (χ2n) is 12.8. The molecular formula is C34H49N3O5. The summed E-state index contributed by atoms with van der Waals surface area (Å²) >= 11 is 0. The number of aliphatic hydroxyl groups excluding tert-OH is 2. The van der Waals surface area contributed by atoms with E-state index in [-0.39, 0.29) is 36.0 Å². The number of cyclic esters (lactones) is 1. The molecule has 8 nitrogen and oxygen atoms in total. The Kier molecular flexibility index (Phi) is 13.2. The molecule has 0 bridgehead atoms. The molecule has 0 spiro atoms. The fourth-order valence-electron chi connectivity index (χ4n) is 6.53. The summed E-state index contributed by atoms with van der Waals surface area (Å²) in [5.74, 6) is -0.379. The van der Waals surface area contributed by atoms with Gasteiger partial charge in [-0.1, -0.05) is 45.9 Å². The minimum atomic E-state index is -0.864. The highest BCUT2D eigenvalue weighted by molar-refractivity contribution is 5.80. The minimum absolute atomic E-state index is 0.0460. The number of amides is 1. The molecule has 1 aliphatic carbocycles. The van der Waals surface area contributed by atoms with E-state index in [1.54, 1.807) is 24.5 Å². The van der Waals surface area contributed by atoms with Crippen LogP contribution in [0.3, 0.4) is 0 Å². The molecule has 1 aromatic heterocycles. The van der Waals surface area contributed by atoms with Gasteiger partial charge in [-0.3, -0.25) is 14.6 Å². The zero-order chi connectivity index (χ0) is 30.6. The van der Waals surface area contributed by atoms with Gasteiger partial charge in [0.25, 0.3) is 0 Å². The molecule has 3 rings (SSSR count). The summed E-state index contributed by atoms with van der Waals surface area (Å²) < 4.78 is 5.93. The third kappa shape index (κ3) is 10.1. The van der Waals surface area contributed by atoms with Crippen molar-refractivity contribution < 1.29 is 24.5 Å². The normalized spacial score (nSPS) is 35.6. The van der Waals surface area contributed by atoms with Crippen molar-refractivity contribution in [3.8, 4) is 6.07 Å². The number of allylic oxidation sites excluding steroid dienone is 2. The molecule has 1 aliphatic heterocycles. The van der Waals surface area contributed by atoms with Gasteiger partial charge in [0.1, 0.15) is 6.10 Å². The van der Waals surface area contributed by atoms with E-state index in [0.717, 1.165) is 37.7 Å². The number of nitriles is 1. The standard InChI is InChI=1S/C34H49N3O5/c1-22-16-23(2)18-25(4)33(40)27(20-35)9-5-6-10-31(42-32(39)19-30(38)24(3)17-22)28-11-12-29(28)34(41)37-15-13-26-8-7-14-36-21-26/h5-9,14,21-25,28-31,33,38,40H,10-13,15-19H2,1-4H3,(H,37,41)/b6-5+,27-9-/t22-,23+,24-,25-,28+,29+,30-,31-,33+/m0/s1. The number of hydrogen-bond donors (Lipinski definition) is 3. The Labute approximate surface area is 251 Å². The molecule has 1 aromatic rings. The van der Waals surface area contributed by atoms with E-state index in [1.807, 2.05) is 32.1 Å². The zero-order valence-corrected chi connectivity index (χ0v) is 25.6. The molecule has 0 unspecified atom stereocenters. The Morgan fingerprint density at radius 2 is 1.86 bits per heavy atom. The van der Waals surface area contributed by atoms with Crippen LogP contribution in [0.15, 0.2) is 48.3 Å². The van der Waals surface area contributed by atoms with E-state index in [1.165, 1.54) is 0 Å². The van der Waals surface area contributed by atoms with Crippen molar-refractivity contribution in [3.05, 3.63) is 53.9 Å². The molecule has 1 saturated carbocycles. The number of rotatable bonds is 5. The first-order chi connectivity index (χ1) is 20.1. The summed E-state index contributed by atoms with van der Waals surface area (Å²) in [5, 5.41) is 34.4. The molecule has 0 saturated heterocycles. The number of esters is 1. The Morgan fingerprint density at radius 1 is 1.12 bits per heavy atom. The highest BCUT2D eigenvalue weighted by Gasteiger charge is 2.42. The average Bonchev–Trinajstić information content (AvgIpc) is 2.91. The Hall–Kier alpha value is -3.02. The van der Waals surface area contributed by atoms with Gasteiger partial charge in [0.2, 0.25) is 5.91 Å². The van der Waals surface area contributed by atoms with Crippen LogP contribution in [0.4, 0.5) is 0 Å². The average molecular weight is 580 g/mol. The predicted molar refractivity (Wildman–Crippen MR) is 162 cm³/mol. The number of nitrogens with one attached hydrogen (secondary N) is 1. The van der Waals surface area contributed by atoms with Crippen LogP contribution in [0.1, 0.15) is 78.2 Å². The van der Waals surface area contributed by atoms with Crippen LogP contribution in [-0.2, 0) is 20.7 Å². The molecule has 2 aliphatic rings. The fourth-order valence-corrected chi connectivity index (χ4v) is 6.53. The topological polar surface area (TPSA) is 133 Å². The number of carbonyl (C=O) groups is 2. The molecule has 42 heavy (non-hydrogen) atoms.